The zero-order chi connectivity index (χ0) is 16.4. The predicted molar refractivity (Wildman–Crippen MR) is 101 cm³/mol. The van der Waals surface area contributed by atoms with Gasteiger partial charge in [0.05, 0.1) is 5.39 Å². The van der Waals surface area contributed by atoms with Crippen molar-refractivity contribution in [1.29, 1.82) is 0 Å². The Hall–Kier alpha value is -2.98. The van der Waals surface area contributed by atoms with E-state index in [1.54, 1.807) is 0 Å². The Morgan fingerprint density at radius 3 is 2.72 bits per heavy atom. The fourth-order valence-corrected chi connectivity index (χ4v) is 5.23. The standard InChI is InChI=1S/C21H14N3S/c1-2-7-15(8-3-1)24-18-10-11-22-12-17(18)19-20(24)23-13-14-6-4-5-9-16(14)21(23)25-19/h1-12H,13H2/q+1. The molecular weight excluding hydrogens is 326 g/mol. The van der Waals surface area contributed by atoms with Crippen LogP contribution in [0, 0.1) is 0 Å². The first-order chi connectivity index (χ1) is 12.4. The van der Waals surface area contributed by atoms with Crippen molar-refractivity contribution < 1.29 is 4.57 Å². The second kappa shape index (κ2) is 4.77. The highest BCUT2D eigenvalue weighted by Crippen LogP contribution is 2.40. The minimum atomic E-state index is 0.933. The molecule has 0 spiro atoms. The lowest BCUT2D eigenvalue weighted by Crippen LogP contribution is -2.32. The van der Waals surface area contributed by atoms with Crippen LogP contribution in [0.25, 0.3) is 37.5 Å². The quantitative estimate of drug-likeness (QED) is 0.402. The maximum absolute atomic E-state index is 4.38. The van der Waals surface area contributed by atoms with E-state index < -0.39 is 0 Å². The molecular formula is C21H14N3S+. The lowest BCUT2D eigenvalue weighted by molar-refractivity contribution is -0.644. The number of aromatic nitrogens is 3. The van der Waals surface area contributed by atoms with Crippen molar-refractivity contribution in [3.05, 3.63) is 78.6 Å². The average molecular weight is 340 g/mol. The number of hydrogen-bond acceptors (Lipinski definition) is 2. The van der Waals surface area contributed by atoms with Crippen LogP contribution in [0.1, 0.15) is 5.56 Å². The molecule has 0 atom stereocenters. The zero-order valence-corrected chi connectivity index (χ0v) is 14.2. The van der Waals surface area contributed by atoms with Gasteiger partial charge in [-0.25, -0.2) is 4.57 Å². The van der Waals surface area contributed by atoms with Crippen LogP contribution in [-0.4, -0.2) is 9.55 Å². The lowest BCUT2D eigenvalue weighted by Gasteiger charge is -2.00. The summed E-state index contributed by atoms with van der Waals surface area (Å²) in [5.74, 6) is 0. The summed E-state index contributed by atoms with van der Waals surface area (Å²) in [4.78, 5) is 4.38. The van der Waals surface area contributed by atoms with Crippen molar-refractivity contribution in [2.45, 2.75) is 6.54 Å². The van der Waals surface area contributed by atoms with Gasteiger partial charge in [-0.1, -0.05) is 47.7 Å². The van der Waals surface area contributed by atoms with Crippen LogP contribution in [0.15, 0.2) is 73.1 Å². The van der Waals surface area contributed by atoms with Crippen LogP contribution in [-0.2, 0) is 6.54 Å². The van der Waals surface area contributed by atoms with Crippen molar-refractivity contribution >= 4 is 32.6 Å². The highest BCUT2D eigenvalue weighted by atomic mass is 32.1. The summed E-state index contributed by atoms with van der Waals surface area (Å²) in [6.07, 6.45) is 3.88. The van der Waals surface area contributed by atoms with E-state index in [1.807, 2.05) is 23.7 Å². The summed E-state index contributed by atoms with van der Waals surface area (Å²) in [7, 11) is 0. The van der Waals surface area contributed by atoms with E-state index in [0.29, 0.717) is 0 Å². The van der Waals surface area contributed by atoms with Crippen molar-refractivity contribution in [2.75, 3.05) is 0 Å². The van der Waals surface area contributed by atoms with Crippen LogP contribution in [0.5, 0.6) is 0 Å². The monoisotopic (exact) mass is 340 g/mol. The lowest BCUT2D eigenvalue weighted by atomic mass is 10.1. The molecule has 2 aromatic carbocycles. The van der Waals surface area contributed by atoms with Crippen LogP contribution >= 0.6 is 11.3 Å². The molecule has 4 heterocycles. The van der Waals surface area contributed by atoms with E-state index in [0.717, 1.165) is 6.54 Å². The minimum Gasteiger partial charge on any atom is -0.264 e. The fraction of sp³-hybridized carbons (Fsp3) is 0.0476. The van der Waals surface area contributed by atoms with Gasteiger partial charge < -0.3 is 0 Å². The Kier molecular flexibility index (Phi) is 2.54. The van der Waals surface area contributed by atoms with E-state index in [9.17, 15) is 0 Å². The number of fused-ring (bicyclic) bond motifs is 7. The van der Waals surface area contributed by atoms with Gasteiger partial charge in [-0.3, -0.25) is 4.98 Å². The molecule has 0 aliphatic carbocycles. The molecule has 118 valence electrons. The Morgan fingerprint density at radius 2 is 1.80 bits per heavy atom. The van der Waals surface area contributed by atoms with Gasteiger partial charge in [0.1, 0.15) is 22.4 Å². The first-order valence-corrected chi connectivity index (χ1v) is 9.18. The molecule has 25 heavy (non-hydrogen) atoms. The molecule has 0 amide bonds. The summed E-state index contributed by atoms with van der Waals surface area (Å²) in [5, 5.41) is 2.57. The zero-order valence-electron chi connectivity index (χ0n) is 13.4. The van der Waals surface area contributed by atoms with Crippen molar-refractivity contribution in [3.8, 4) is 16.3 Å². The minimum absolute atomic E-state index is 0.933. The van der Waals surface area contributed by atoms with Gasteiger partial charge in [-0.15, -0.1) is 0 Å². The highest BCUT2D eigenvalue weighted by molar-refractivity contribution is 7.22. The first-order valence-electron chi connectivity index (χ1n) is 8.36. The molecule has 6 rings (SSSR count). The maximum Gasteiger partial charge on any atom is 0.307 e. The van der Waals surface area contributed by atoms with Gasteiger partial charge >= 0.3 is 5.65 Å². The van der Waals surface area contributed by atoms with E-state index in [2.05, 4.69) is 74.8 Å². The van der Waals surface area contributed by atoms with Gasteiger partial charge in [0.25, 0.3) is 0 Å². The molecule has 0 saturated carbocycles. The molecule has 1 aliphatic heterocycles. The third kappa shape index (κ3) is 1.69. The number of hydrogen-bond donors (Lipinski definition) is 0. The van der Waals surface area contributed by atoms with Gasteiger partial charge in [-0.05, 0) is 18.2 Å². The molecule has 0 bridgehead atoms. The Labute approximate surface area is 148 Å². The summed E-state index contributed by atoms with van der Waals surface area (Å²) < 4.78 is 6.15. The summed E-state index contributed by atoms with van der Waals surface area (Å²) >= 11 is 1.88. The van der Waals surface area contributed by atoms with E-state index in [1.165, 1.54) is 43.1 Å². The molecule has 0 N–H and O–H groups in total. The number of thiazole rings is 1. The van der Waals surface area contributed by atoms with E-state index >= 15 is 0 Å². The average Bonchev–Trinajstić information content (AvgIpc) is 3.30. The Balaban J connectivity index is 1.79. The number of benzene rings is 2. The normalized spacial score (nSPS) is 12.6. The van der Waals surface area contributed by atoms with Gasteiger partial charge in [-0.2, -0.15) is 4.57 Å². The first kappa shape index (κ1) is 13.3. The van der Waals surface area contributed by atoms with Crippen molar-refractivity contribution in [1.82, 2.24) is 9.55 Å². The Bertz CT molecular complexity index is 1260. The van der Waals surface area contributed by atoms with Gasteiger partial charge in [0.15, 0.2) is 5.01 Å². The molecule has 3 aromatic heterocycles. The molecule has 3 nitrogen and oxygen atoms in total. The molecule has 0 fully saturated rings. The maximum atomic E-state index is 4.38. The van der Waals surface area contributed by atoms with Crippen LogP contribution in [0.3, 0.4) is 0 Å². The van der Waals surface area contributed by atoms with Crippen LogP contribution < -0.4 is 4.57 Å². The van der Waals surface area contributed by atoms with Gasteiger partial charge in [0.2, 0.25) is 0 Å². The SMILES string of the molecule is c1ccc(-n2c3ccncc3c3sc4[n+](c32)Cc2ccccc2-4)cc1. The predicted octanol–water partition coefficient (Wildman–Crippen LogP) is 4.56. The number of nitrogens with zero attached hydrogens (tertiary/aromatic N) is 3. The molecule has 4 heteroatoms. The molecule has 0 unspecified atom stereocenters. The number of rotatable bonds is 1. The van der Waals surface area contributed by atoms with Crippen molar-refractivity contribution in [2.24, 2.45) is 0 Å². The third-order valence-corrected chi connectivity index (χ3v) is 6.23. The molecule has 0 radical (unpaired) electrons. The Morgan fingerprint density at radius 1 is 0.960 bits per heavy atom. The second-order valence-corrected chi connectivity index (χ2v) is 7.37. The molecule has 0 saturated heterocycles. The largest absolute Gasteiger partial charge is 0.307 e. The summed E-state index contributed by atoms with van der Waals surface area (Å²) in [6, 6.07) is 21.4. The number of para-hydroxylation sites is 1. The molecule has 5 aromatic rings. The fourth-order valence-electron chi connectivity index (χ4n) is 3.91. The van der Waals surface area contributed by atoms with E-state index in [4.69, 9.17) is 0 Å². The summed E-state index contributed by atoms with van der Waals surface area (Å²) in [6.45, 7) is 0.933. The van der Waals surface area contributed by atoms with Crippen LogP contribution in [0.4, 0.5) is 0 Å². The smallest absolute Gasteiger partial charge is 0.264 e. The highest BCUT2D eigenvalue weighted by Gasteiger charge is 2.33. The number of pyridine rings is 1. The topological polar surface area (TPSA) is 21.7 Å². The molecule has 1 aliphatic rings. The van der Waals surface area contributed by atoms with Crippen LogP contribution in [0.2, 0.25) is 0 Å². The van der Waals surface area contributed by atoms with Crippen molar-refractivity contribution in [3.63, 3.8) is 0 Å². The van der Waals surface area contributed by atoms with E-state index in [-0.39, 0.29) is 0 Å². The summed E-state index contributed by atoms with van der Waals surface area (Å²) in [5.41, 5.74) is 6.44. The second-order valence-electron chi connectivity index (χ2n) is 6.37. The van der Waals surface area contributed by atoms with Gasteiger partial charge in [0, 0.05) is 29.6 Å². The third-order valence-electron chi connectivity index (χ3n) is 4.99.